The zero-order chi connectivity index (χ0) is 21.8. The number of rotatable bonds is 8. The molecule has 0 bridgehead atoms. The van der Waals surface area contributed by atoms with Crippen LogP contribution in [0.3, 0.4) is 0 Å². The summed E-state index contributed by atoms with van der Waals surface area (Å²) in [5, 5.41) is 7.18. The molecule has 0 radical (unpaired) electrons. The second-order valence-electron chi connectivity index (χ2n) is 7.48. The number of fused-ring (bicyclic) bond motifs is 2. The molecule has 6 heteroatoms. The van der Waals surface area contributed by atoms with Gasteiger partial charge in [0, 0.05) is 18.4 Å². The van der Waals surface area contributed by atoms with Crippen LogP contribution >= 0.6 is 11.3 Å². The molecule has 0 spiro atoms. The fraction of sp³-hybridized carbons (Fsp3) is 0.154. The second-order valence-corrected chi connectivity index (χ2v) is 8.43. The average molecular weight is 442 g/mol. The Hall–Kier alpha value is -3.64. The number of benzene rings is 3. The molecule has 1 amide bonds. The SMILES string of the molecule is O=C(NCCc1nc2ccccc2n1CCOc1cccc2ccccc12)c1cccs1. The Morgan fingerprint density at radius 2 is 1.81 bits per heavy atom. The van der Waals surface area contributed by atoms with Crippen molar-refractivity contribution >= 4 is 39.0 Å². The molecule has 3 aromatic carbocycles. The average Bonchev–Trinajstić information content (AvgIpc) is 3.48. The van der Waals surface area contributed by atoms with E-state index in [0.717, 1.165) is 32.9 Å². The zero-order valence-electron chi connectivity index (χ0n) is 17.5. The third-order valence-corrected chi connectivity index (χ3v) is 6.30. The molecule has 1 N–H and O–H groups in total. The van der Waals surface area contributed by atoms with Gasteiger partial charge in [0.2, 0.25) is 0 Å². The van der Waals surface area contributed by atoms with Crippen LogP contribution in [0.1, 0.15) is 15.5 Å². The highest BCUT2D eigenvalue weighted by atomic mass is 32.1. The van der Waals surface area contributed by atoms with Gasteiger partial charge in [0.25, 0.3) is 5.91 Å². The van der Waals surface area contributed by atoms with Gasteiger partial charge in [-0.3, -0.25) is 4.79 Å². The first-order valence-corrected chi connectivity index (χ1v) is 11.5. The van der Waals surface area contributed by atoms with Gasteiger partial charge in [-0.1, -0.05) is 54.6 Å². The molecular weight excluding hydrogens is 418 g/mol. The van der Waals surface area contributed by atoms with E-state index in [2.05, 4.69) is 34.1 Å². The van der Waals surface area contributed by atoms with Gasteiger partial charge < -0.3 is 14.6 Å². The Morgan fingerprint density at radius 3 is 2.72 bits per heavy atom. The predicted octanol–water partition coefficient (Wildman–Crippen LogP) is 5.30. The van der Waals surface area contributed by atoms with E-state index in [4.69, 9.17) is 9.72 Å². The Morgan fingerprint density at radius 1 is 0.969 bits per heavy atom. The van der Waals surface area contributed by atoms with E-state index in [1.807, 2.05) is 60.0 Å². The van der Waals surface area contributed by atoms with Crippen LogP contribution in [0.25, 0.3) is 21.8 Å². The lowest BCUT2D eigenvalue weighted by Gasteiger charge is -2.12. The highest BCUT2D eigenvalue weighted by Gasteiger charge is 2.12. The topological polar surface area (TPSA) is 56.2 Å². The molecule has 0 aliphatic carbocycles. The number of imidazole rings is 1. The lowest BCUT2D eigenvalue weighted by molar-refractivity contribution is 0.0958. The Kier molecular flexibility index (Phi) is 5.85. The van der Waals surface area contributed by atoms with Crippen molar-refractivity contribution in [3.05, 3.63) is 94.9 Å². The summed E-state index contributed by atoms with van der Waals surface area (Å²) in [6.07, 6.45) is 0.653. The lowest BCUT2D eigenvalue weighted by atomic mass is 10.1. The number of para-hydroxylation sites is 2. The van der Waals surface area contributed by atoms with Crippen LogP contribution in [0.15, 0.2) is 84.2 Å². The Balaban J connectivity index is 1.30. The van der Waals surface area contributed by atoms with Crippen molar-refractivity contribution in [1.82, 2.24) is 14.9 Å². The van der Waals surface area contributed by atoms with E-state index in [0.29, 0.717) is 26.1 Å². The zero-order valence-corrected chi connectivity index (χ0v) is 18.3. The smallest absolute Gasteiger partial charge is 0.261 e. The predicted molar refractivity (Wildman–Crippen MR) is 130 cm³/mol. The lowest BCUT2D eigenvalue weighted by Crippen LogP contribution is -2.26. The molecule has 0 saturated heterocycles. The summed E-state index contributed by atoms with van der Waals surface area (Å²) in [6.45, 7) is 1.74. The molecule has 32 heavy (non-hydrogen) atoms. The number of carbonyl (C=O) groups excluding carboxylic acids is 1. The number of ether oxygens (including phenoxy) is 1. The largest absolute Gasteiger partial charge is 0.491 e. The van der Waals surface area contributed by atoms with Crippen molar-refractivity contribution in [2.75, 3.05) is 13.2 Å². The van der Waals surface area contributed by atoms with Crippen molar-refractivity contribution in [3.8, 4) is 5.75 Å². The first kappa shape index (κ1) is 20.3. The van der Waals surface area contributed by atoms with E-state index >= 15 is 0 Å². The van der Waals surface area contributed by atoms with E-state index in [1.54, 1.807) is 0 Å². The minimum atomic E-state index is -0.0399. The number of carbonyl (C=O) groups is 1. The van der Waals surface area contributed by atoms with Gasteiger partial charge in [0.1, 0.15) is 18.2 Å². The van der Waals surface area contributed by atoms with Crippen LogP contribution in [-0.4, -0.2) is 28.6 Å². The number of hydrogen-bond acceptors (Lipinski definition) is 4. The normalized spacial score (nSPS) is 11.1. The van der Waals surface area contributed by atoms with Gasteiger partial charge in [-0.2, -0.15) is 0 Å². The number of hydrogen-bond donors (Lipinski definition) is 1. The maximum atomic E-state index is 12.2. The summed E-state index contributed by atoms with van der Waals surface area (Å²) in [5.74, 6) is 1.79. The molecule has 2 aromatic heterocycles. The van der Waals surface area contributed by atoms with Gasteiger partial charge in [-0.15, -0.1) is 11.3 Å². The molecule has 5 aromatic rings. The molecule has 0 atom stereocenters. The van der Waals surface area contributed by atoms with Gasteiger partial charge in [-0.05, 0) is 35.0 Å². The monoisotopic (exact) mass is 441 g/mol. The van der Waals surface area contributed by atoms with Crippen molar-refractivity contribution in [3.63, 3.8) is 0 Å². The van der Waals surface area contributed by atoms with Crippen LogP contribution in [0.5, 0.6) is 5.75 Å². The molecule has 0 fully saturated rings. The number of nitrogens with one attached hydrogen (secondary N) is 1. The minimum absolute atomic E-state index is 0.0399. The van der Waals surface area contributed by atoms with E-state index in [-0.39, 0.29) is 5.91 Å². The molecule has 5 rings (SSSR count). The third kappa shape index (κ3) is 4.22. The number of amides is 1. The summed E-state index contributed by atoms with van der Waals surface area (Å²) < 4.78 is 8.36. The van der Waals surface area contributed by atoms with Crippen LogP contribution < -0.4 is 10.1 Å². The summed E-state index contributed by atoms with van der Waals surface area (Å²) >= 11 is 1.44. The fourth-order valence-corrected chi connectivity index (χ4v) is 4.56. The summed E-state index contributed by atoms with van der Waals surface area (Å²) in [7, 11) is 0. The first-order valence-electron chi connectivity index (χ1n) is 10.7. The third-order valence-electron chi connectivity index (χ3n) is 5.43. The minimum Gasteiger partial charge on any atom is -0.491 e. The van der Waals surface area contributed by atoms with Crippen LogP contribution in [0.2, 0.25) is 0 Å². The van der Waals surface area contributed by atoms with Crippen LogP contribution in [0.4, 0.5) is 0 Å². The molecule has 0 unspecified atom stereocenters. The van der Waals surface area contributed by atoms with Gasteiger partial charge in [0.15, 0.2) is 0 Å². The number of nitrogens with zero attached hydrogens (tertiary/aromatic N) is 2. The maximum absolute atomic E-state index is 12.2. The van der Waals surface area contributed by atoms with Crippen LogP contribution in [0, 0.1) is 0 Å². The second kappa shape index (κ2) is 9.24. The van der Waals surface area contributed by atoms with E-state index in [1.165, 1.54) is 16.7 Å². The van der Waals surface area contributed by atoms with Crippen molar-refractivity contribution in [2.45, 2.75) is 13.0 Å². The van der Waals surface area contributed by atoms with Crippen molar-refractivity contribution in [1.29, 1.82) is 0 Å². The van der Waals surface area contributed by atoms with E-state index < -0.39 is 0 Å². The van der Waals surface area contributed by atoms with Crippen molar-refractivity contribution < 1.29 is 9.53 Å². The Bertz CT molecular complexity index is 1350. The van der Waals surface area contributed by atoms with E-state index in [9.17, 15) is 4.79 Å². The molecule has 0 aliphatic heterocycles. The number of aromatic nitrogens is 2. The molecule has 2 heterocycles. The molecule has 160 valence electrons. The summed E-state index contributed by atoms with van der Waals surface area (Å²) in [6, 6.07) is 26.2. The Labute approximate surface area is 190 Å². The molecule has 0 aliphatic rings. The highest BCUT2D eigenvalue weighted by Crippen LogP contribution is 2.25. The van der Waals surface area contributed by atoms with Gasteiger partial charge in [-0.25, -0.2) is 4.98 Å². The van der Waals surface area contributed by atoms with Crippen molar-refractivity contribution in [2.24, 2.45) is 0 Å². The molecule has 5 nitrogen and oxygen atoms in total. The van der Waals surface area contributed by atoms with Gasteiger partial charge >= 0.3 is 0 Å². The van der Waals surface area contributed by atoms with Crippen LogP contribution in [-0.2, 0) is 13.0 Å². The number of thiophene rings is 1. The standard InChI is InChI=1S/C26H23N3O2S/c30-26(24-13-6-18-32-24)27-15-14-25-28-21-10-3-4-11-22(21)29(25)16-17-31-23-12-5-8-19-7-1-2-9-20(19)23/h1-13,18H,14-17H2,(H,27,30). The summed E-state index contributed by atoms with van der Waals surface area (Å²) in [5.41, 5.74) is 2.03. The maximum Gasteiger partial charge on any atom is 0.261 e. The quantitative estimate of drug-likeness (QED) is 0.355. The fourth-order valence-electron chi connectivity index (χ4n) is 3.92. The first-order chi connectivity index (χ1) is 15.8. The molecular formula is C26H23N3O2S. The summed E-state index contributed by atoms with van der Waals surface area (Å²) in [4.78, 5) is 17.8. The van der Waals surface area contributed by atoms with Gasteiger partial charge in [0.05, 0.1) is 22.5 Å². The molecule has 0 saturated carbocycles. The highest BCUT2D eigenvalue weighted by molar-refractivity contribution is 7.12.